The van der Waals surface area contributed by atoms with Gasteiger partial charge in [-0.1, -0.05) is 0 Å². The van der Waals surface area contributed by atoms with Crippen LogP contribution in [0.5, 0.6) is 0 Å². The smallest absolute Gasteiger partial charge is 0.264 e. The minimum absolute atomic E-state index is 0.0295. The number of fused-ring (bicyclic) bond motifs is 1. The molecule has 0 aliphatic carbocycles. The SMILES string of the molecule is O=C(c1cccnc1)n1c(Br)cc2c1CCNC2. The van der Waals surface area contributed by atoms with Crippen LogP contribution in [0.25, 0.3) is 0 Å². The summed E-state index contributed by atoms with van der Waals surface area (Å²) in [6.07, 6.45) is 4.13. The normalized spacial score (nSPS) is 14.3. The second kappa shape index (κ2) is 4.66. The van der Waals surface area contributed by atoms with E-state index < -0.39 is 0 Å². The fourth-order valence-corrected chi connectivity index (χ4v) is 2.91. The summed E-state index contributed by atoms with van der Waals surface area (Å²) in [4.78, 5) is 16.5. The number of hydrogen-bond acceptors (Lipinski definition) is 3. The average molecular weight is 306 g/mol. The third-order valence-electron chi connectivity index (χ3n) is 3.11. The summed E-state index contributed by atoms with van der Waals surface area (Å²) in [7, 11) is 0. The molecule has 3 rings (SSSR count). The molecule has 1 aliphatic heterocycles. The fraction of sp³-hybridized carbons (Fsp3) is 0.231. The number of pyridine rings is 1. The van der Waals surface area contributed by atoms with Gasteiger partial charge in [-0.2, -0.15) is 0 Å². The van der Waals surface area contributed by atoms with E-state index in [2.05, 4.69) is 26.2 Å². The summed E-state index contributed by atoms with van der Waals surface area (Å²) in [5.74, 6) is -0.0295. The summed E-state index contributed by atoms with van der Waals surface area (Å²) < 4.78 is 2.55. The number of halogens is 1. The highest BCUT2D eigenvalue weighted by atomic mass is 79.9. The van der Waals surface area contributed by atoms with Gasteiger partial charge in [-0.3, -0.25) is 14.3 Å². The highest BCUT2D eigenvalue weighted by molar-refractivity contribution is 9.10. The third-order valence-corrected chi connectivity index (χ3v) is 3.70. The molecule has 3 heterocycles. The molecule has 0 aromatic carbocycles. The average Bonchev–Trinajstić information content (AvgIpc) is 2.75. The van der Waals surface area contributed by atoms with Crippen molar-refractivity contribution in [1.82, 2.24) is 14.9 Å². The molecule has 1 aliphatic rings. The van der Waals surface area contributed by atoms with Gasteiger partial charge in [-0.25, -0.2) is 0 Å². The Labute approximate surface area is 113 Å². The number of carbonyl (C=O) groups excluding carboxylic acids is 1. The summed E-state index contributed by atoms with van der Waals surface area (Å²) in [6.45, 7) is 1.73. The van der Waals surface area contributed by atoms with Gasteiger partial charge in [-0.05, 0) is 39.7 Å². The molecule has 92 valence electrons. The lowest BCUT2D eigenvalue weighted by Crippen LogP contribution is -2.26. The molecule has 4 nitrogen and oxygen atoms in total. The van der Waals surface area contributed by atoms with Gasteiger partial charge in [0.1, 0.15) is 0 Å². The molecule has 0 spiro atoms. The third kappa shape index (κ3) is 1.89. The monoisotopic (exact) mass is 305 g/mol. The second-order valence-corrected chi connectivity index (χ2v) is 5.06. The molecule has 0 bridgehead atoms. The van der Waals surface area contributed by atoms with Gasteiger partial charge in [0.05, 0.1) is 10.2 Å². The molecule has 2 aromatic rings. The standard InChI is InChI=1S/C13H12BrN3O/c14-12-6-10-8-16-5-3-11(10)17(12)13(18)9-2-1-4-15-7-9/h1-2,4,6-7,16H,3,5,8H2. The van der Waals surface area contributed by atoms with Gasteiger partial charge < -0.3 is 5.32 Å². The van der Waals surface area contributed by atoms with Gasteiger partial charge in [0.15, 0.2) is 0 Å². The van der Waals surface area contributed by atoms with Gasteiger partial charge in [0.25, 0.3) is 5.91 Å². The topological polar surface area (TPSA) is 46.9 Å². The van der Waals surface area contributed by atoms with Crippen molar-refractivity contribution in [1.29, 1.82) is 0 Å². The fourth-order valence-electron chi connectivity index (χ4n) is 2.26. The van der Waals surface area contributed by atoms with Crippen molar-refractivity contribution in [2.24, 2.45) is 0 Å². The van der Waals surface area contributed by atoms with E-state index in [0.29, 0.717) is 5.56 Å². The van der Waals surface area contributed by atoms with E-state index in [9.17, 15) is 4.79 Å². The Balaban J connectivity index is 2.07. The highest BCUT2D eigenvalue weighted by Crippen LogP contribution is 2.24. The molecule has 0 saturated carbocycles. The Morgan fingerprint density at radius 2 is 2.39 bits per heavy atom. The van der Waals surface area contributed by atoms with Crippen LogP contribution >= 0.6 is 15.9 Å². The number of carbonyl (C=O) groups is 1. The van der Waals surface area contributed by atoms with Gasteiger partial charge >= 0.3 is 0 Å². The lowest BCUT2D eigenvalue weighted by molar-refractivity contribution is 0.0954. The van der Waals surface area contributed by atoms with E-state index in [1.54, 1.807) is 29.1 Å². The summed E-state index contributed by atoms with van der Waals surface area (Å²) >= 11 is 3.47. The number of nitrogens with one attached hydrogen (secondary N) is 1. The first-order valence-electron chi connectivity index (χ1n) is 5.82. The zero-order valence-electron chi connectivity index (χ0n) is 9.69. The molecule has 0 atom stereocenters. The van der Waals surface area contributed by atoms with Crippen LogP contribution in [0.2, 0.25) is 0 Å². The Morgan fingerprint density at radius 3 is 3.17 bits per heavy atom. The van der Waals surface area contributed by atoms with Crippen molar-refractivity contribution < 1.29 is 4.79 Å². The van der Waals surface area contributed by atoms with Crippen LogP contribution in [0, 0.1) is 0 Å². The Bertz CT molecular complexity index is 592. The number of nitrogens with zero attached hydrogens (tertiary/aromatic N) is 2. The Morgan fingerprint density at radius 1 is 1.50 bits per heavy atom. The van der Waals surface area contributed by atoms with Crippen LogP contribution in [0.4, 0.5) is 0 Å². The molecule has 0 amide bonds. The van der Waals surface area contributed by atoms with E-state index in [1.165, 1.54) is 5.56 Å². The quantitative estimate of drug-likeness (QED) is 0.876. The van der Waals surface area contributed by atoms with Gasteiger partial charge in [0, 0.05) is 37.6 Å². The molecular weight excluding hydrogens is 294 g/mol. The predicted octanol–water partition coefficient (Wildman–Crippen LogP) is 1.98. The van der Waals surface area contributed by atoms with Crippen LogP contribution in [0.1, 0.15) is 21.6 Å². The first-order valence-corrected chi connectivity index (χ1v) is 6.61. The minimum atomic E-state index is -0.0295. The first kappa shape index (κ1) is 11.6. The van der Waals surface area contributed by atoms with Crippen molar-refractivity contribution in [3.05, 3.63) is 52.0 Å². The van der Waals surface area contributed by atoms with Crippen molar-refractivity contribution >= 4 is 21.8 Å². The molecular formula is C13H12BrN3O. The maximum absolute atomic E-state index is 12.5. The molecule has 18 heavy (non-hydrogen) atoms. The highest BCUT2D eigenvalue weighted by Gasteiger charge is 2.21. The largest absolute Gasteiger partial charge is 0.312 e. The number of aromatic nitrogens is 2. The molecule has 0 saturated heterocycles. The maximum Gasteiger partial charge on any atom is 0.264 e. The predicted molar refractivity (Wildman–Crippen MR) is 71.5 cm³/mol. The van der Waals surface area contributed by atoms with E-state index in [1.807, 2.05) is 6.07 Å². The molecule has 0 radical (unpaired) electrons. The first-order chi connectivity index (χ1) is 8.77. The van der Waals surface area contributed by atoms with Crippen LogP contribution in [-0.4, -0.2) is 22.0 Å². The second-order valence-electron chi connectivity index (χ2n) is 4.25. The lowest BCUT2D eigenvalue weighted by atomic mass is 10.1. The lowest BCUT2D eigenvalue weighted by Gasteiger charge is -2.16. The van der Waals surface area contributed by atoms with E-state index in [-0.39, 0.29) is 5.91 Å². The molecule has 0 unspecified atom stereocenters. The van der Waals surface area contributed by atoms with Crippen LogP contribution in [0.15, 0.2) is 35.2 Å². The Hall–Kier alpha value is -1.46. The Kier molecular flexibility index (Phi) is 3.01. The van der Waals surface area contributed by atoms with Crippen molar-refractivity contribution in [2.75, 3.05) is 6.54 Å². The summed E-state index contributed by atoms with van der Waals surface area (Å²) in [6, 6.07) is 5.57. The van der Waals surface area contributed by atoms with Gasteiger partial charge in [0.2, 0.25) is 0 Å². The van der Waals surface area contributed by atoms with Crippen molar-refractivity contribution in [3.8, 4) is 0 Å². The van der Waals surface area contributed by atoms with Crippen LogP contribution < -0.4 is 5.32 Å². The molecule has 1 N–H and O–H groups in total. The number of rotatable bonds is 1. The molecule has 0 fully saturated rings. The zero-order valence-corrected chi connectivity index (χ0v) is 11.3. The van der Waals surface area contributed by atoms with Crippen molar-refractivity contribution in [3.63, 3.8) is 0 Å². The maximum atomic E-state index is 12.5. The van der Waals surface area contributed by atoms with Crippen LogP contribution in [-0.2, 0) is 13.0 Å². The molecule has 2 aromatic heterocycles. The minimum Gasteiger partial charge on any atom is -0.312 e. The summed E-state index contributed by atoms with van der Waals surface area (Å²) in [5.41, 5.74) is 2.88. The van der Waals surface area contributed by atoms with E-state index in [4.69, 9.17) is 0 Å². The summed E-state index contributed by atoms with van der Waals surface area (Å²) in [5, 5.41) is 3.30. The van der Waals surface area contributed by atoms with E-state index in [0.717, 1.165) is 29.8 Å². The molecule has 5 heteroatoms. The van der Waals surface area contributed by atoms with E-state index >= 15 is 0 Å². The van der Waals surface area contributed by atoms with Gasteiger partial charge in [-0.15, -0.1) is 0 Å². The van der Waals surface area contributed by atoms with Crippen molar-refractivity contribution in [2.45, 2.75) is 13.0 Å². The van der Waals surface area contributed by atoms with Crippen LogP contribution in [0.3, 0.4) is 0 Å². The zero-order chi connectivity index (χ0) is 12.5. The number of hydrogen-bond donors (Lipinski definition) is 1.